The van der Waals surface area contributed by atoms with Crippen molar-refractivity contribution in [3.63, 3.8) is 0 Å². The lowest BCUT2D eigenvalue weighted by Crippen LogP contribution is -2.12. The summed E-state index contributed by atoms with van der Waals surface area (Å²) in [6.07, 6.45) is 1.32. The van der Waals surface area contributed by atoms with Crippen LogP contribution in [0.4, 0.5) is 0 Å². The number of carboxylic acids is 1. The standard InChI is InChI=1S/C38H34O8/c39-37(40)35-18-16-32(20-28-9-5-2-6-10-28)22-36(35)38(41)43-23-29-11-13-30(14-12-29)24-45-46-26-34-21-31(15-17-33(34)25-44-42)19-27-7-3-1-4-8-27/h1-18,21-22,42H,19-20,23-26H2,(H,39,40). The van der Waals surface area contributed by atoms with Gasteiger partial charge in [-0.25, -0.2) is 24.3 Å². The third-order valence-electron chi connectivity index (χ3n) is 7.44. The van der Waals surface area contributed by atoms with Gasteiger partial charge in [0.15, 0.2) is 0 Å². The number of hydrogen-bond donors (Lipinski definition) is 2. The first kappa shape index (κ1) is 32.3. The zero-order chi connectivity index (χ0) is 32.1. The first-order valence-electron chi connectivity index (χ1n) is 14.8. The lowest BCUT2D eigenvalue weighted by Gasteiger charge is -2.12. The summed E-state index contributed by atoms with van der Waals surface area (Å²) in [6, 6.07) is 37.8. The van der Waals surface area contributed by atoms with Crippen molar-refractivity contribution in [1.29, 1.82) is 0 Å². The van der Waals surface area contributed by atoms with Crippen LogP contribution in [0.2, 0.25) is 0 Å². The van der Waals surface area contributed by atoms with Crippen molar-refractivity contribution >= 4 is 11.9 Å². The van der Waals surface area contributed by atoms with Crippen LogP contribution >= 0.6 is 0 Å². The maximum atomic E-state index is 12.9. The van der Waals surface area contributed by atoms with Crippen LogP contribution in [0.5, 0.6) is 0 Å². The molecular weight excluding hydrogens is 584 g/mol. The van der Waals surface area contributed by atoms with Gasteiger partial charge in [-0.2, -0.15) is 0 Å². The van der Waals surface area contributed by atoms with Crippen LogP contribution in [0.3, 0.4) is 0 Å². The van der Waals surface area contributed by atoms with E-state index in [0.29, 0.717) is 6.42 Å². The number of carboxylic acid groups (broad SMARTS) is 1. The maximum absolute atomic E-state index is 12.9. The number of esters is 1. The molecule has 0 amide bonds. The van der Waals surface area contributed by atoms with Crippen molar-refractivity contribution in [3.05, 3.63) is 177 Å². The molecule has 5 rings (SSSR count). The molecule has 2 N–H and O–H groups in total. The molecule has 234 valence electrons. The van der Waals surface area contributed by atoms with Crippen molar-refractivity contribution in [2.24, 2.45) is 0 Å². The molecule has 5 aromatic carbocycles. The van der Waals surface area contributed by atoms with Crippen LogP contribution in [-0.2, 0) is 58.7 Å². The smallest absolute Gasteiger partial charge is 0.339 e. The monoisotopic (exact) mass is 618 g/mol. The Kier molecular flexibility index (Phi) is 11.4. The van der Waals surface area contributed by atoms with Crippen molar-refractivity contribution in [1.82, 2.24) is 0 Å². The van der Waals surface area contributed by atoms with Crippen LogP contribution in [0.15, 0.2) is 121 Å². The number of hydrogen-bond acceptors (Lipinski definition) is 7. The Hall–Kier alpha value is -5.12. The minimum Gasteiger partial charge on any atom is -0.478 e. The van der Waals surface area contributed by atoms with E-state index in [2.05, 4.69) is 17.0 Å². The van der Waals surface area contributed by atoms with Gasteiger partial charge in [-0.15, -0.1) is 0 Å². The van der Waals surface area contributed by atoms with E-state index in [4.69, 9.17) is 19.8 Å². The molecule has 0 aromatic heterocycles. The quantitative estimate of drug-likeness (QED) is 0.0535. The number of carbonyl (C=O) groups is 2. The van der Waals surface area contributed by atoms with Gasteiger partial charge in [-0.3, -0.25) is 5.26 Å². The molecule has 0 radical (unpaired) electrons. The zero-order valence-electron chi connectivity index (χ0n) is 25.1. The number of benzene rings is 5. The van der Waals surface area contributed by atoms with Gasteiger partial charge in [-0.05, 0) is 69.5 Å². The average Bonchev–Trinajstić information content (AvgIpc) is 3.08. The summed E-state index contributed by atoms with van der Waals surface area (Å²) in [6.45, 7) is 0.368. The summed E-state index contributed by atoms with van der Waals surface area (Å²) in [4.78, 5) is 40.0. The Labute approximate surface area is 267 Å². The van der Waals surface area contributed by atoms with Crippen molar-refractivity contribution < 1.29 is 39.4 Å². The first-order valence-corrected chi connectivity index (χ1v) is 14.8. The van der Waals surface area contributed by atoms with E-state index >= 15 is 0 Å². The van der Waals surface area contributed by atoms with Gasteiger partial charge in [0.2, 0.25) is 0 Å². The van der Waals surface area contributed by atoms with Gasteiger partial charge in [-0.1, -0.05) is 109 Å². The highest BCUT2D eigenvalue weighted by Gasteiger charge is 2.19. The number of ether oxygens (including phenoxy) is 1. The van der Waals surface area contributed by atoms with Crippen LogP contribution in [0.1, 0.15) is 65.2 Å². The average molecular weight is 619 g/mol. The normalized spacial score (nSPS) is 10.9. The second-order valence-electron chi connectivity index (χ2n) is 10.8. The Morgan fingerprint density at radius 1 is 0.500 bits per heavy atom. The molecule has 0 heterocycles. The minimum atomic E-state index is -1.19. The summed E-state index contributed by atoms with van der Waals surface area (Å²) in [5.74, 6) is -1.89. The van der Waals surface area contributed by atoms with E-state index in [1.807, 2.05) is 78.9 Å². The molecule has 8 heteroatoms. The van der Waals surface area contributed by atoms with E-state index < -0.39 is 11.9 Å². The van der Waals surface area contributed by atoms with E-state index in [-0.39, 0.29) is 37.6 Å². The highest BCUT2D eigenvalue weighted by molar-refractivity contribution is 6.02. The van der Waals surface area contributed by atoms with Gasteiger partial charge >= 0.3 is 11.9 Å². The third-order valence-corrected chi connectivity index (χ3v) is 7.44. The predicted molar refractivity (Wildman–Crippen MR) is 171 cm³/mol. The van der Waals surface area contributed by atoms with E-state index in [0.717, 1.165) is 45.4 Å². The maximum Gasteiger partial charge on any atom is 0.339 e. The van der Waals surface area contributed by atoms with E-state index in [1.54, 1.807) is 24.3 Å². The lowest BCUT2D eigenvalue weighted by atomic mass is 9.99. The molecule has 0 saturated heterocycles. The number of aromatic carboxylic acids is 1. The highest BCUT2D eigenvalue weighted by Crippen LogP contribution is 2.20. The molecule has 8 nitrogen and oxygen atoms in total. The molecule has 0 fully saturated rings. The summed E-state index contributed by atoms with van der Waals surface area (Å²) < 4.78 is 5.49. The molecule has 0 unspecified atom stereocenters. The largest absolute Gasteiger partial charge is 0.478 e. The molecular formula is C38H34O8. The highest BCUT2D eigenvalue weighted by atomic mass is 17.2. The Morgan fingerprint density at radius 3 is 1.65 bits per heavy atom. The molecule has 0 aliphatic heterocycles. The van der Waals surface area contributed by atoms with E-state index in [9.17, 15) is 14.7 Å². The minimum absolute atomic E-state index is 0.0161. The summed E-state index contributed by atoms with van der Waals surface area (Å²) >= 11 is 0. The van der Waals surface area contributed by atoms with Crippen LogP contribution in [0.25, 0.3) is 0 Å². The predicted octanol–water partition coefficient (Wildman–Crippen LogP) is 7.56. The van der Waals surface area contributed by atoms with E-state index in [1.165, 1.54) is 11.6 Å². The van der Waals surface area contributed by atoms with Gasteiger partial charge in [0.05, 0.1) is 11.1 Å². The van der Waals surface area contributed by atoms with Crippen molar-refractivity contribution in [2.45, 2.75) is 39.3 Å². The van der Waals surface area contributed by atoms with Gasteiger partial charge in [0, 0.05) is 0 Å². The van der Waals surface area contributed by atoms with Crippen LogP contribution < -0.4 is 0 Å². The molecule has 0 aliphatic carbocycles. The second-order valence-corrected chi connectivity index (χ2v) is 10.8. The first-order chi connectivity index (χ1) is 22.5. The molecule has 0 bridgehead atoms. The topological polar surface area (TPSA) is 112 Å². The summed E-state index contributed by atoms with van der Waals surface area (Å²) in [5, 5.41) is 18.6. The molecule has 0 aliphatic rings. The SMILES string of the molecule is O=C(O)c1ccc(Cc2ccccc2)cc1C(=O)OCc1ccc(COOCc2cc(Cc3ccccc3)ccc2COO)cc1. The Balaban J connectivity index is 1.13. The fourth-order valence-electron chi connectivity index (χ4n) is 5.03. The molecule has 0 saturated carbocycles. The van der Waals surface area contributed by atoms with Gasteiger partial charge in [0.25, 0.3) is 0 Å². The number of rotatable bonds is 15. The van der Waals surface area contributed by atoms with Gasteiger partial charge < -0.3 is 9.84 Å². The van der Waals surface area contributed by atoms with Crippen molar-refractivity contribution in [3.8, 4) is 0 Å². The third kappa shape index (κ3) is 9.20. The zero-order valence-corrected chi connectivity index (χ0v) is 25.1. The molecule has 5 aromatic rings. The second kappa shape index (κ2) is 16.3. The lowest BCUT2D eigenvalue weighted by molar-refractivity contribution is -0.313. The molecule has 46 heavy (non-hydrogen) atoms. The van der Waals surface area contributed by atoms with Gasteiger partial charge in [0.1, 0.15) is 26.4 Å². The molecule has 0 atom stereocenters. The summed E-state index contributed by atoms with van der Waals surface area (Å²) in [5.41, 5.74) is 7.27. The van der Waals surface area contributed by atoms with Crippen LogP contribution in [0, 0.1) is 0 Å². The summed E-state index contributed by atoms with van der Waals surface area (Å²) in [7, 11) is 0. The Morgan fingerprint density at radius 2 is 1.04 bits per heavy atom. The Bertz CT molecular complexity index is 1730. The number of carbonyl (C=O) groups excluding carboxylic acids is 1. The fraction of sp³-hybridized carbons (Fsp3) is 0.158. The molecule has 0 spiro atoms. The van der Waals surface area contributed by atoms with Crippen LogP contribution in [-0.4, -0.2) is 22.3 Å². The van der Waals surface area contributed by atoms with Crippen molar-refractivity contribution in [2.75, 3.05) is 0 Å². The fourth-order valence-corrected chi connectivity index (χ4v) is 5.03.